The van der Waals surface area contributed by atoms with Crippen LogP contribution in [0.5, 0.6) is 0 Å². The van der Waals surface area contributed by atoms with E-state index in [-0.39, 0.29) is 41.9 Å². The van der Waals surface area contributed by atoms with Gasteiger partial charge in [-0.1, -0.05) is 27.7 Å². The van der Waals surface area contributed by atoms with Crippen molar-refractivity contribution >= 4 is 11.8 Å². The average molecular weight is 912 g/mol. The van der Waals surface area contributed by atoms with Crippen LogP contribution >= 0.6 is 0 Å². The first-order chi connectivity index (χ1) is 29.7. The van der Waals surface area contributed by atoms with E-state index in [2.05, 4.69) is 65.3 Å². The highest BCUT2D eigenvalue weighted by Gasteiger charge is 2.55. The summed E-state index contributed by atoms with van der Waals surface area (Å²) in [7, 11) is 7.61. The molecular formula is C50H93N3O11. The molecule has 3 aliphatic heterocycles. The van der Waals surface area contributed by atoms with Crippen LogP contribution in [0.1, 0.15) is 142 Å². The van der Waals surface area contributed by atoms with Gasteiger partial charge in [0, 0.05) is 81.6 Å². The fourth-order valence-electron chi connectivity index (χ4n) is 12.2. The van der Waals surface area contributed by atoms with Gasteiger partial charge in [-0.2, -0.15) is 0 Å². The van der Waals surface area contributed by atoms with Crippen molar-refractivity contribution in [3.63, 3.8) is 0 Å². The monoisotopic (exact) mass is 912 g/mol. The topological polar surface area (TPSA) is 149 Å². The fraction of sp³-hybridized carbons (Fsp3) is 0.960. The molecule has 0 aromatic rings. The third kappa shape index (κ3) is 12.9. The van der Waals surface area contributed by atoms with Crippen molar-refractivity contribution in [3.05, 3.63) is 0 Å². The number of nitrogens with zero attached hydrogens (tertiary/aromatic N) is 3. The van der Waals surface area contributed by atoms with Crippen LogP contribution in [0, 0.1) is 29.1 Å². The molecule has 14 nitrogen and oxygen atoms in total. The number of aliphatic hydroxyl groups excluding tert-OH is 1. The first-order valence-corrected chi connectivity index (χ1v) is 24.7. The molecule has 3 heterocycles. The summed E-state index contributed by atoms with van der Waals surface area (Å²) in [5.41, 5.74) is -2.87. The van der Waals surface area contributed by atoms with Crippen molar-refractivity contribution < 1.29 is 53.0 Å². The second-order valence-electron chi connectivity index (χ2n) is 22.2. The normalized spacial score (nSPS) is 43.7. The molecule has 0 spiro atoms. The van der Waals surface area contributed by atoms with Gasteiger partial charge < -0.3 is 53.2 Å². The number of hydrogen-bond acceptors (Lipinski definition) is 14. The van der Waals surface area contributed by atoms with Crippen molar-refractivity contribution in [1.82, 2.24) is 14.7 Å². The first kappa shape index (κ1) is 55.3. The molecule has 14 heteroatoms. The van der Waals surface area contributed by atoms with Gasteiger partial charge in [0.2, 0.25) is 0 Å². The van der Waals surface area contributed by atoms with Crippen molar-refractivity contribution in [2.75, 3.05) is 47.9 Å². The van der Waals surface area contributed by atoms with E-state index >= 15 is 0 Å². The van der Waals surface area contributed by atoms with Gasteiger partial charge in [-0.15, -0.1) is 0 Å². The zero-order valence-electron chi connectivity index (χ0n) is 43.3. The Labute approximate surface area is 388 Å². The Balaban J connectivity index is 1.75. The highest BCUT2D eigenvalue weighted by molar-refractivity contribution is 5.82. The predicted molar refractivity (Wildman–Crippen MR) is 249 cm³/mol. The molecule has 0 radical (unpaired) electrons. The highest BCUT2D eigenvalue weighted by atomic mass is 16.7. The zero-order valence-corrected chi connectivity index (χ0v) is 43.3. The molecule has 0 aromatic heterocycles. The van der Waals surface area contributed by atoms with E-state index in [1.165, 1.54) is 0 Å². The predicted octanol–water partition coefficient (Wildman–Crippen LogP) is 6.31. The number of ether oxygens (including phenoxy) is 7. The Bertz CT molecular complexity index is 1480. The number of methoxy groups -OCH3 is 1. The quantitative estimate of drug-likeness (QED) is 0.148. The van der Waals surface area contributed by atoms with Crippen LogP contribution in [-0.2, 0) is 42.7 Å². The minimum absolute atomic E-state index is 0.000409. The summed E-state index contributed by atoms with van der Waals surface area (Å²) >= 11 is 0. The maximum Gasteiger partial charge on any atom is 0.311 e. The van der Waals surface area contributed by atoms with Gasteiger partial charge in [0.1, 0.15) is 24.1 Å². The van der Waals surface area contributed by atoms with E-state index in [0.29, 0.717) is 63.8 Å². The number of fused-ring (bicyclic) bond motifs is 1. The molecule has 1 aliphatic carbocycles. The molecule has 64 heavy (non-hydrogen) atoms. The van der Waals surface area contributed by atoms with E-state index < -0.39 is 77.5 Å². The van der Waals surface area contributed by atoms with E-state index in [0.717, 1.165) is 13.0 Å². The molecule has 18 atom stereocenters. The Morgan fingerprint density at radius 1 is 0.938 bits per heavy atom. The Hall–Kier alpha value is -1.30. The van der Waals surface area contributed by atoms with Crippen molar-refractivity contribution in [1.29, 1.82) is 0 Å². The molecule has 4 aliphatic rings. The van der Waals surface area contributed by atoms with Gasteiger partial charge in [0.15, 0.2) is 12.6 Å². The number of likely N-dealkylation sites (N-methyl/N-ethyl adjacent to an activating group) is 1. The molecule has 1 saturated carbocycles. The number of rotatable bonds is 14. The second kappa shape index (κ2) is 22.9. The summed E-state index contributed by atoms with van der Waals surface area (Å²) in [6.07, 6.45) is -2.94. The molecule has 0 unspecified atom stereocenters. The number of carbonyl (C=O) groups is 2. The largest absolute Gasteiger partial charge is 0.461 e. The van der Waals surface area contributed by atoms with Crippen molar-refractivity contribution in [3.8, 4) is 0 Å². The van der Waals surface area contributed by atoms with Crippen LogP contribution in [0.4, 0.5) is 0 Å². The highest BCUT2D eigenvalue weighted by Crippen LogP contribution is 2.49. The molecule has 4 rings (SSSR count). The van der Waals surface area contributed by atoms with Gasteiger partial charge in [0.05, 0.1) is 41.5 Å². The van der Waals surface area contributed by atoms with Crippen LogP contribution in [0.25, 0.3) is 0 Å². The molecule has 0 aromatic carbocycles. The number of ketones is 1. The molecule has 0 amide bonds. The summed E-state index contributed by atoms with van der Waals surface area (Å²) < 4.78 is 46.4. The molecular weight excluding hydrogens is 819 g/mol. The zero-order chi connectivity index (χ0) is 48.2. The van der Waals surface area contributed by atoms with Crippen molar-refractivity contribution in [2.45, 2.75) is 233 Å². The lowest BCUT2D eigenvalue weighted by Crippen LogP contribution is -2.61. The number of Topliss-reactive ketones (excluding diaryl/α,β-unsaturated/α-hetero) is 1. The van der Waals surface area contributed by atoms with Crippen molar-refractivity contribution in [2.24, 2.45) is 29.1 Å². The standard InChI is InChI=1S/C50H93N3O11/c1-19-40-48(12)26-37(54)24-38(48)35(10)52(17)28-31(6)25-49(13,57)44(64-47-42(55)39(51(15)16)23-32(7)60-47)33(8)43(34(9)46(56)62-40)63-41-27-50(14,58-18)45(36(11)61-41)59-22-20-21-53(29(2)3)30(4)5/h29-36,38-45,47,55,57H,19-28H2,1-18H3/t31-,32-,33+,34-,35-,36+,38-,39+,40-,41+,42-,43+,44-,45+,47+,48+,49-,50-/m1/s1. The number of hydrogen-bond donors (Lipinski definition) is 2. The van der Waals surface area contributed by atoms with Crippen LogP contribution < -0.4 is 0 Å². The van der Waals surface area contributed by atoms with Gasteiger partial charge >= 0.3 is 5.97 Å². The van der Waals surface area contributed by atoms with E-state index in [1.807, 2.05) is 53.6 Å². The number of aliphatic hydroxyl groups is 2. The smallest absolute Gasteiger partial charge is 0.311 e. The third-order valence-corrected chi connectivity index (χ3v) is 15.8. The molecule has 3 saturated heterocycles. The average Bonchev–Trinajstić information content (AvgIpc) is 3.51. The van der Waals surface area contributed by atoms with Gasteiger partial charge in [0.25, 0.3) is 0 Å². The minimum atomic E-state index is -1.49. The minimum Gasteiger partial charge on any atom is -0.461 e. The lowest BCUT2D eigenvalue weighted by Gasteiger charge is -2.49. The number of cyclic esters (lactones) is 1. The third-order valence-electron chi connectivity index (χ3n) is 15.8. The van der Waals surface area contributed by atoms with Gasteiger partial charge in [-0.25, -0.2) is 0 Å². The van der Waals surface area contributed by atoms with Crippen LogP contribution in [0.2, 0.25) is 0 Å². The van der Waals surface area contributed by atoms with Crippen LogP contribution in [-0.4, -0.2) is 175 Å². The lowest BCUT2D eigenvalue weighted by atomic mass is 9.70. The van der Waals surface area contributed by atoms with E-state index in [9.17, 15) is 19.8 Å². The molecule has 0 bridgehead atoms. The maximum atomic E-state index is 14.8. The van der Waals surface area contributed by atoms with E-state index in [4.69, 9.17) is 33.2 Å². The summed E-state index contributed by atoms with van der Waals surface area (Å²) in [5, 5.41) is 24.6. The Kier molecular flexibility index (Phi) is 19.8. The summed E-state index contributed by atoms with van der Waals surface area (Å²) in [4.78, 5) is 34.8. The van der Waals surface area contributed by atoms with E-state index in [1.54, 1.807) is 21.0 Å². The fourth-order valence-corrected chi connectivity index (χ4v) is 12.2. The Morgan fingerprint density at radius 2 is 1.58 bits per heavy atom. The van der Waals surface area contributed by atoms with Crippen LogP contribution in [0.3, 0.4) is 0 Å². The first-order valence-electron chi connectivity index (χ1n) is 24.7. The summed E-state index contributed by atoms with van der Waals surface area (Å²) in [6.45, 7) is 30.8. The maximum absolute atomic E-state index is 14.8. The number of carbonyl (C=O) groups excluding carboxylic acids is 2. The SMILES string of the molecule is CC[C@H]1OC(=O)[C@H](C)[C@@H](O[C@H]2C[C@@](C)(OC)[C@@H](OCCCN(C(C)C)C(C)C)[C@H](C)O2)[C@H](C)[C@@H](O[C@@H]2O[C@H](C)C[C@H](N(C)C)[C@H]2O)[C@](C)(O)C[C@@H](C)CN(C)[C@H](C)[C@H]2CC(=O)C[C@@]21C. The summed E-state index contributed by atoms with van der Waals surface area (Å²) in [5.74, 6) is -1.88. The summed E-state index contributed by atoms with van der Waals surface area (Å²) in [6, 6.07) is 0.612. The van der Waals surface area contributed by atoms with Gasteiger partial charge in [-0.3, -0.25) is 14.5 Å². The molecule has 2 N–H and O–H groups in total. The van der Waals surface area contributed by atoms with Crippen LogP contribution in [0.15, 0.2) is 0 Å². The van der Waals surface area contributed by atoms with Gasteiger partial charge in [-0.05, 0) is 128 Å². The molecule has 4 fully saturated rings. The second-order valence-corrected chi connectivity index (χ2v) is 22.2. The molecule has 374 valence electrons. The Morgan fingerprint density at radius 3 is 2.16 bits per heavy atom. The number of esters is 1. The lowest BCUT2D eigenvalue weighted by molar-refractivity contribution is -0.320.